The first-order chi connectivity index (χ1) is 7.30. The molecule has 0 saturated heterocycles. The Labute approximate surface area is 105 Å². The van der Waals surface area contributed by atoms with Crippen LogP contribution in [0.15, 0.2) is 0 Å². The summed E-state index contributed by atoms with van der Waals surface area (Å²) >= 11 is 3.09. The molecule has 0 aromatic carbocycles. The molecule has 0 atom stereocenters. The van der Waals surface area contributed by atoms with Crippen molar-refractivity contribution in [2.75, 3.05) is 18.4 Å². The minimum absolute atomic E-state index is 0.0852. The molecular weight excluding hydrogens is 274 g/mol. The van der Waals surface area contributed by atoms with Gasteiger partial charge in [-0.2, -0.15) is 0 Å². The summed E-state index contributed by atoms with van der Waals surface area (Å²) in [5.74, 6) is 0.0852. The summed E-state index contributed by atoms with van der Waals surface area (Å²) in [6.07, 6.45) is -0.00409. The summed E-state index contributed by atoms with van der Waals surface area (Å²) in [7, 11) is 0. The number of halogens is 1. The summed E-state index contributed by atoms with van der Waals surface area (Å²) in [5, 5.41) is 0.332. The summed E-state index contributed by atoms with van der Waals surface area (Å²) in [5.41, 5.74) is -0.496. The van der Waals surface area contributed by atoms with Crippen LogP contribution in [-0.2, 0) is 9.53 Å². The number of alkyl halides is 1. The van der Waals surface area contributed by atoms with E-state index in [-0.39, 0.29) is 11.9 Å². The number of Topliss-reactive ketones (excluding diaryl/α,β-unsaturated/α-hetero) is 1. The van der Waals surface area contributed by atoms with Gasteiger partial charge in [0, 0.05) is 19.5 Å². The average molecular weight is 294 g/mol. The van der Waals surface area contributed by atoms with Crippen LogP contribution < -0.4 is 0 Å². The maximum Gasteiger partial charge on any atom is 0.410 e. The molecule has 0 aliphatic rings. The van der Waals surface area contributed by atoms with Gasteiger partial charge >= 0.3 is 6.09 Å². The predicted molar refractivity (Wildman–Crippen MR) is 66.9 cm³/mol. The lowest BCUT2D eigenvalue weighted by Crippen LogP contribution is -2.37. The Morgan fingerprint density at radius 3 is 2.25 bits per heavy atom. The second kappa shape index (κ2) is 6.89. The van der Waals surface area contributed by atoms with Crippen molar-refractivity contribution in [1.82, 2.24) is 4.90 Å². The van der Waals surface area contributed by atoms with Crippen molar-refractivity contribution in [3.05, 3.63) is 0 Å². The number of ketones is 1. The molecule has 0 N–H and O–H groups in total. The third-order valence-corrected chi connectivity index (χ3v) is 2.47. The number of hydrogen-bond donors (Lipinski definition) is 0. The second-order valence-electron chi connectivity index (χ2n) is 4.48. The molecule has 0 rings (SSSR count). The molecule has 5 heteroatoms. The van der Waals surface area contributed by atoms with E-state index >= 15 is 0 Å². The zero-order chi connectivity index (χ0) is 12.8. The summed E-state index contributed by atoms with van der Waals surface area (Å²) in [6, 6.07) is 0. The van der Waals surface area contributed by atoms with Crippen molar-refractivity contribution in [2.45, 2.75) is 39.7 Å². The van der Waals surface area contributed by atoms with Gasteiger partial charge < -0.3 is 9.64 Å². The fourth-order valence-corrected chi connectivity index (χ4v) is 1.31. The van der Waals surface area contributed by atoms with Crippen molar-refractivity contribution in [3.8, 4) is 0 Å². The van der Waals surface area contributed by atoms with Gasteiger partial charge in [-0.25, -0.2) is 4.79 Å². The van der Waals surface area contributed by atoms with E-state index in [1.54, 1.807) is 0 Å². The quantitative estimate of drug-likeness (QED) is 0.732. The highest BCUT2D eigenvalue weighted by atomic mass is 79.9. The Morgan fingerprint density at radius 2 is 1.88 bits per heavy atom. The molecule has 0 aromatic rings. The van der Waals surface area contributed by atoms with Gasteiger partial charge in [0.25, 0.3) is 0 Å². The average Bonchev–Trinajstić information content (AvgIpc) is 2.15. The molecule has 0 aromatic heterocycles. The SMILES string of the molecule is CCN(CCC(=O)CBr)C(=O)OC(C)(C)C. The molecule has 0 saturated carbocycles. The number of ether oxygens (including phenoxy) is 1. The Morgan fingerprint density at radius 1 is 1.31 bits per heavy atom. The van der Waals surface area contributed by atoms with Gasteiger partial charge in [0.05, 0.1) is 5.33 Å². The van der Waals surface area contributed by atoms with Crippen LogP contribution in [0.1, 0.15) is 34.1 Å². The highest BCUT2D eigenvalue weighted by molar-refractivity contribution is 9.09. The van der Waals surface area contributed by atoms with Crippen LogP contribution >= 0.6 is 15.9 Å². The Balaban J connectivity index is 4.17. The molecule has 0 aliphatic heterocycles. The zero-order valence-electron chi connectivity index (χ0n) is 10.4. The van der Waals surface area contributed by atoms with E-state index in [9.17, 15) is 9.59 Å². The van der Waals surface area contributed by atoms with Crippen molar-refractivity contribution in [2.24, 2.45) is 0 Å². The maximum absolute atomic E-state index is 11.7. The van der Waals surface area contributed by atoms with E-state index in [4.69, 9.17) is 4.74 Å². The topological polar surface area (TPSA) is 46.6 Å². The molecule has 0 fully saturated rings. The van der Waals surface area contributed by atoms with Crippen molar-refractivity contribution in [3.63, 3.8) is 0 Å². The Bertz CT molecular complexity index is 248. The number of carbonyl (C=O) groups is 2. The summed E-state index contributed by atoms with van der Waals surface area (Å²) in [4.78, 5) is 24.3. The fraction of sp³-hybridized carbons (Fsp3) is 0.818. The molecule has 94 valence electrons. The highest BCUT2D eigenvalue weighted by Gasteiger charge is 2.21. The first-order valence-corrected chi connectivity index (χ1v) is 6.48. The molecule has 0 radical (unpaired) electrons. The van der Waals surface area contributed by atoms with Gasteiger partial charge in [-0.05, 0) is 27.7 Å². The molecule has 0 aliphatic carbocycles. The second-order valence-corrected chi connectivity index (χ2v) is 5.04. The number of carbonyl (C=O) groups excluding carboxylic acids is 2. The lowest BCUT2D eigenvalue weighted by Gasteiger charge is -2.26. The smallest absolute Gasteiger partial charge is 0.410 e. The van der Waals surface area contributed by atoms with Crippen LogP contribution in [0.3, 0.4) is 0 Å². The van der Waals surface area contributed by atoms with Crippen LogP contribution in [0, 0.1) is 0 Å². The van der Waals surface area contributed by atoms with Gasteiger partial charge in [-0.1, -0.05) is 15.9 Å². The largest absolute Gasteiger partial charge is 0.444 e. The third kappa shape index (κ3) is 6.82. The van der Waals surface area contributed by atoms with Crippen molar-refractivity contribution >= 4 is 27.8 Å². The maximum atomic E-state index is 11.7. The minimum Gasteiger partial charge on any atom is -0.444 e. The molecule has 0 spiro atoms. The Kier molecular flexibility index (Phi) is 6.64. The van der Waals surface area contributed by atoms with Crippen LogP contribution in [-0.4, -0.2) is 40.8 Å². The highest BCUT2D eigenvalue weighted by Crippen LogP contribution is 2.10. The molecule has 0 unspecified atom stereocenters. The van der Waals surface area contributed by atoms with E-state index in [1.807, 2.05) is 27.7 Å². The first-order valence-electron chi connectivity index (χ1n) is 5.35. The zero-order valence-corrected chi connectivity index (χ0v) is 12.0. The van der Waals surface area contributed by atoms with Gasteiger partial charge in [0.2, 0.25) is 0 Å². The lowest BCUT2D eigenvalue weighted by molar-refractivity contribution is -0.116. The van der Waals surface area contributed by atoms with Crippen LogP contribution in [0.25, 0.3) is 0 Å². The number of amides is 1. The van der Waals surface area contributed by atoms with E-state index in [1.165, 1.54) is 4.90 Å². The van der Waals surface area contributed by atoms with E-state index < -0.39 is 5.60 Å². The summed E-state index contributed by atoms with van der Waals surface area (Å²) in [6.45, 7) is 8.29. The lowest BCUT2D eigenvalue weighted by atomic mass is 10.2. The van der Waals surface area contributed by atoms with Gasteiger partial charge in [-0.3, -0.25) is 4.79 Å². The standard InChI is InChI=1S/C11H20BrNO3/c1-5-13(7-6-9(14)8-12)10(15)16-11(2,3)4/h5-8H2,1-4H3. The van der Waals surface area contributed by atoms with E-state index in [2.05, 4.69) is 15.9 Å². The van der Waals surface area contributed by atoms with E-state index in [0.717, 1.165) is 0 Å². The number of hydrogen-bond acceptors (Lipinski definition) is 3. The molecule has 0 bridgehead atoms. The number of rotatable bonds is 5. The first kappa shape index (κ1) is 15.4. The fourth-order valence-electron chi connectivity index (χ4n) is 1.03. The monoisotopic (exact) mass is 293 g/mol. The van der Waals surface area contributed by atoms with E-state index in [0.29, 0.717) is 24.8 Å². The molecule has 4 nitrogen and oxygen atoms in total. The van der Waals surface area contributed by atoms with Crippen molar-refractivity contribution in [1.29, 1.82) is 0 Å². The van der Waals surface area contributed by atoms with Crippen LogP contribution in [0.5, 0.6) is 0 Å². The molecule has 16 heavy (non-hydrogen) atoms. The molecule has 0 heterocycles. The number of nitrogens with zero attached hydrogens (tertiary/aromatic N) is 1. The van der Waals surface area contributed by atoms with Crippen LogP contribution in [0.2, 0.25) is 0 Å². The van der Waals surface area contributed by atoms with Gasteiger partial charge in [0.15, 0.2) is 0 Å². The normalized spacial score (nSPS) is 11.1. The van der Waals surface area contributed by atoms with Gasteiger partial charge in [0.1, 0.15) is 11.4 Å². The Hall–Kier alpha value is -0.580. The summed E-state index contributed by atoms with van der Waals surface area (Å²) < 4.78 is 5.22. The predicted octanol–water partition coefficient (Wildman–Crippen LogP) is 2.60. The van der Waals surface area contributed by atoms with Crippen molar-refractivity contribution < 1.29 is 14.3 Å². The van der Waals surface area contributed by atoms with Crippen LogP contribution in [0.4, 0.5) is 4.79 Å². The van der Waals surface area contributed by atoms with Gasteiger partial charge in [-0.15, -0.1) is 0 Å². The molecule has 1 amide bonds. The molecular formula is C11H20BrNO3. The third-order valence-electron chi connectivity index (χ3n) is 1.84. The minimum atomic E-state index is -0.496.